The minimum atomic E-state index is 0.0749. The van der Waals surface area contributed by atoms with Gasteiger partial charge in [-0.25, -0.2) is 0 Å². The second kappa shape index (κ2) is 4.35. The third kappa shape index (κ3) is 1.67. The summed E-state index contributed by atoms with van der Waals surface area (Å²) in [5.41, 5.74) is 1.91. The monoisotopic (exact) mass is 213 g/mol. The Labute approximate surface area is 95.2 Å². The summed E-state index contributed by atoms with van der Waals surface area (Å²) in [5.74, 6) is 0.0749. The van der Waals surface area contributed by atoms with E-state index in [9.17, 15) is 4.79 Å². The van der Waals surface area contributed by atoms with Crippen molar-refractivity contribution in [2.45, 2.75) is 20.4 Å². The molecule has 0 amide bonds. The molecular formula is C14H15NO. The highest BCUT2D eigenvalue weighted by atomic mass is 16.1. The Hall–Kier alpha value is -1.83. The van der Waals surface area contributed by atoms with Crippen LogP contribution in [-0.2, 0) is 6.54 Å². The molecule has 0 atom stereocenters. The van der Waals surface area contributed by atoms with Crippen molar-refractivity contribution in [2.24, 2.45) is 0 Å². The van der Waals surface area contributed by atoms with Crippen molar-refractivity contribution in [1.29, 1.82) is 0 Å². The first-order valence-corrected chi connectivity index (χ1v) is 5.52. The predicted octanol–water partition coefficient (Wildman–Crippen LogP) is 3.42. The van der Waals surface area contributed by atoms with E-state index in [0.29, 0.717) is 0 Å². The summed E-state index contributed by atoms with van der Waals surface area (Å²) < 4.78 is 2.10. The molecule has 1 aromatic heterocycles. The Balaban J connectivity index is 2.66. The third-order valence-electron chi connectivity index (χ3n) is 2.71. The standard InChI is InChI=1S/C14H15NO/c1-3-7-14(16)12-10-15(4-2)13-9-6-5-8-11(12)13/h3,5-10H,4H2,1-2H3/b7-3+. The average Bonchev–Trinajstić information content (AvgIpc) is 2.68. The summed E-state index contributed by atoms with van der Waals surface area (Å²) in [6.45, 7) is 4.82. The predicted molar refractivity (Wildman–Crippen MR) is 66.8 cm³/mol. The molecular weight excluding hydrogens is 198 g/mol. The fourth-order valence-electron chi connectivity index (χ4n) is 1.95. The maximum atomic E-state index is 11.9. The Morgan fingerprint density at radius 2 is 2.12 bits per heavy atom. The quantitative estimate of drug-likeness (QED) is 0.565. The Bertz CT molecular complexity index is 549. The number of nitrogens with zero attached hydrogens (tertiary/aromatic N) is 1. The largest absolute Gasteiger partial charge is 0.347 e. The number of rotatable bonds is 3. The van der Waals surface area contributed by atoms with E-state index in [-0.39, 0.29) is 5.78 Å². The Kier molecular flexibility index (Phi) is 2.91. The first-order chi connectivity index (χ1) is 7.77. The fourth-order valence-corrected chi connectivity index (χ4v) is 1.95. The summed E-state index contributed by atoms with van der Waals surface area (Å²) in [5, 5.41) is 1.03. The molecule has 82 valence electrons. The van der Waals surface area contributed by atoms with E-state index in [1.54, 1.807) is 12.2 Å². The number of carbonyl (C=O) groups is 1. The molecule has 0 saturated heterocycles. The molecule has 0 N–H and O–H groups in total. The van der Waals surface area contributed by atoms with Gasteiger partial charge in [0.2, 0.25) is 0 Å². The van der Waals surface area contributed by atoms with Gasteiger partial charge < -0.3 is 4.57 Å². The third-order valence-corrected chi connectivity index (χ3v) is 2.71. The molecule has 16 heavy (non-hydrogen) atoms. The van der Waals surface area contributed by atoms with Crippen LogP contribution in [0.2, 0.25) is 0 Å². The van der Waals surface area contributed by atoms with E-state index in [1.807, 2.05) is 37.4 Å². The molecule has 2 aromatic rings. The number of aryl methyl sites for hydroxylation is 1. The number of carbonyl (C=O) groups excluding carboxylic acids is 1. The van der Waals surface area contributed by atoms with Gasteiger partial charge in [0.1, 0.15) is 0 Å². The summed E-state index contributed by atoms with van der Waals surface area (Å²) in [4.78, 5) is 11.9. The van der Waals surface area contributed by atoms with Gasteiger partial charge in [0.05, 0.1) is 0 Å². The number of benzene rings is 1. The topological polar surface area (TPSA) is 22.0 Å². The Morgan fingerprint density at radius 3 is 2.81 bits per heavy atom. The molecule has 0 aliphatic heterocycles. The van der Waals surface area contributed by atoms with Crippen molar-refractivity contribution in [2.75, 3.05) is 0 Å². The molecule has 0 fully saturated rings. The lowest BCUT2D eigenvalue weighted by Gasteiger charge is -1.97. The van der Waals surface area contributed by atoms with Crippen molar-refractivity contribution in [3.63, 3.8) is 0 Å². The van der Waals surface area contributed by atoms with E-state index < -0.39 is 0 Å². The van der Waals surface area contributed by atoms with E-state index in [4.69, 9.17) is 0 Å². The molecule has 0 aliphatic carbocycles. The van der Waals surface area contributed by atoms with E-state index in [0.717, 1.165) is 23.0 Å². The average molecular weight is 213 g/mol. The van der Waals surface area contributed by atoms with E-state index in [1.165, 1.54) is 0 Å². The molecule has 2 rings (SSSR count). The molecule has 2 heteroatoms. The van der Waals surface area contributed by atoms with Gasteiger partial charge in [-0.2, -0.15) is 0 Å². The van der Waals surface area contributed by atoms with Crippen LogP contribution in [0.4, 0.5) is 0 Å². The zero-order valence-electron chi connectivity index (χ0n) is 9.60. The van der Waals surface area contributed by atoms with Crippen LogP contribution < -0.4 is 0 Å². The van der Waals surface area contributed by atoms with E-state index >= 15 is 0 Å². The van der Waals surface area contributed by atoms with Crippen LogP contribution in [-0.4, -0.2) is 10.4 Å². The minimum absolute atomic E-state index is 0.0749. The fraction of sp³-hybridized carbons (Fsp3) is 0.214. The highest BCUT2D eigenvalue weighted by molar-refractivity contribution is 6.13. The van der Waals surface area contributed by atoms with Crippen molar-refractivity contribution in [1.82, 2.24) is 4.57 Å². The van der Waals surface area contributed by atoms with Crippen LogP contribution in [0.15, 0.2) is 42.6 Å². The minimum Gasteiger partial charge on any atom is -0.347 e. The van der Waals surface area contributed by atoms with Gasteiger partial charge in [-0.15, -0.1) is 0 Å². The van der Waals surface area contributed by atoms with Crippen molar-refractivity contribution in [3.05, 3.63) is 48.2 Å². The maximum Gasteiger partial charge on any atom is 0.187 e. The van der Waals surface area contributed by atoms with Crippen LogP contribution in [0.5, 0.6) is 0 Å². The second-order valence-corrected chi connectivity index (χ2v) is 3.71. The van der Waals surface area contributed by atoms with Crippen LogP contribution in [0, 0.1) is 0 Å². The zero-order chi connectivity index (χ0) is 11.5. The first kappa shape index (κ1) is 10.7. The first-order valence-electron chi connectivity index (χ1n) is 5.52. The van der Waals surface area contributed by atoms with Gasteiger partial charge in [0, 0.05) is 29.2 Å². The molecule has 1 heterocycles. The molecule has 0 unspecified atom stereocenters. The number of hydrogen-bond acceptors (Lipinski definition) is 1. The smallest absolute Gasteiger partial charge is 0.187 e. The maximum absolute atomic E-state index is 11.9. The summed E-state index contributed by atoms with van der Waals surface area (Å²) >= 11 is 0. The van der Waals surface area contributed by atoms with Gasteiger partial charge in [-0.3, -0.25) is 4.79 Å². The van der Waals surface area contributed by atoms with Gasteiger partial charge in [-0.1, -0.05) is 24.3 Å². The highest BCUT2D eigenvalue weighted by Crippen LogP contribution is 2.21. The van der Waals surface area contributed by atoms with Crippen LogP contribution >= 0.6 is 0 Å². The van der Waals surface area contributed by atoms with Gasteiger partial charge in [0.25, 0.3) is 0 Å². The lowest BCUT2D eigenvalue weighted by atomic mass is 10.1. The van der Waals surface area contributed by atoms with Crippen molar-refractivity contribution < 1.29 is 4.79 Å². The second-order valence-electron chi connectivity index (χ2n) is 3.71. The lowest BCUT2D eigenvalue weighted by Crippen LogP contribution is -1.93. The number of aromatic nitrogens is 1. The summed E-state index contributed by atoms with van der Waals surface area (Å²) in [7, 11) is 0. The normalized spacial score (nSPS) is 11.4. The Morgan fingerprint density at radius 1 is 1.38 bits per heavy atom. The van der Waals surface area contributed by atoms with Crippen LogP contribution in [0.3, 0.4) is 0 Å². The van der Waals surface area contributed by atoms with Crippen molar-refractivity contribution in [3.8, 4) is 0 Å². The van der Waals surface area contributed by atoms with Gasteiger partial charge in [0.15, 0.2) is 5.78 Å². The van der Waals surface area contributed by atoms with Crippen LogP contribution in [0.25, 0.3) is 10.9 Å². The van der Waals surface area contributed by atoms with Gasteiger partial charge in [-0.05, 0) is 26.0 Å². The van der Waals surface area contributed by atoms with Crippen molar-refractivity contribution >= 4 is 16.7 Å². The number of hydrogen-bond donors (Lipinski definition) is 0. The number of fused-ring (bicyclic) bond motifs is 1. The summed E-state index contributed by atoms with van der Waals surface area (Å²) in [6, 6.07) is 8.01. The molecule has 2 nitrogen and oxygen atoms in total. The lowest BCUT2D eigenvalue weighted by molar-refractivity contribution is 0.104. The number of ketones is 1. The molecule has 0 aliphatic rings. The highest BCUT2D eigenvalue weighted by Gasteiger charge is 2.11. The molecule has 1 aromatic carbocycles. The number of allylic oxidation sites excluding steroid dienone is 2. The zero-order valence-corrected chi connectivity index (χ0v) is 9.60. The number of para-hydroxylation sites is 1. The SMILES string of the molecule is C/C=C/C(=O)c1cn(CC)c2ccccc12. The van der Waals surface area contributed by atoms with E-state index in [2.05, 4.69) is 11.5 Å². The molecule has 0 bridgehead atoms. The summed E-state index contributed by atoms with van der Waals surface area (Å²) in [6.07, 6.45) is 5.33. The molecule has 0 saturated carbocycles. The molecule has 0 radical (unpaired) electrons. The van der Waals surface area contributed by atoms with Gasteiger partial charge >= 0.3 is 0 Å². The molecule has 0 spiro atoms. The van der Waals surface area contributed by atoms with Crippen LogP contribution in [0.1, 0.15) is 24.2 Å².